The van der Waals surface area contributed by atoms with Crippen LogP contribution in [0.1, 0.15) is 24.5 Å². The summed E-state index contributed by atoms with van der Waals surface area (Å²) in [6.45, 7) is 4.09. The molecule has 2 nitrogen and oxygen atoms in total. The third-order valence-corrected chi connectivity index (χ3v) is 5.39. The normalized spacial score (nSPS) is 11.3. The third kappa shape index (κ3) is 4.73. The summed E-state index contributed by atoms with van der Waals surface area (Å²) in [5.74, 6) is 0.0969. The molecule has 0 saturated carbocycles. The lowest BCUT2D eigenvalue weighted by atomic mass is 10.0. The number of rotatable bonds is 6. The molecule has 0 fully saturated rings. The number of hydrogen-bond acceptors (Lipinski definition) is 1. The van der Waals surface area contributed by atoms with Crippen LogP contribution in [0.3, 0.4) is 0 Å². The van der Waals surface area contributed by atoms with Gasteiger partial charge in [0.25, 0.3) is 0 Å². The van der Waals surface area contributed by atoms with Gasteiger partial charge in [-0.05, 0) is 31.4 Å². The minimum Gasteiger partial charge on any atom is -0.349 e. The number of hydrogen-bond donors (Lipinski definition) is 1. The standard InChI is InChI=1S/C14H19Br2NO/c1-11-5-3-4-6-12(11)7-8-13(18)17-14(2,9-15)10-16/h3-6H,7-10H2,1-2H3,(H,17,18). The second-order valence-electron chi connectivity index (χ2n) is 4.80. The lowest BCUT2D eigenvalue weighted by Crippen LogP contribution is -2.49. The smallest absolute Gasteiger partial charge is 0.220 e. The Morgan fingerprint density at radius 3 is 2.44 bits per heavy atom. The number of benzene rings is 1. The van der Waals surface area contributed by atoms with Gasteiger partial charge in [-0.25, -0.2) is 0 Å². The van der Waals surface area contributed by atoms with Gasteiger partial charge in [-0.3, -0.25) is 4.79 Å². The van der Waals surface area contributed by atoms with Gasteiger partial charge in [0.05, 0.1) is 5.54 Å². The van der Waals surface area contributed by atoms with E-state index in [2.05, 4.69) is 56.2 Å². The van der Waals surface area contributed by atoms with E-state index in [9.17, 15) is 4.79 Å². The van der Waals surface area contributed by atoms with E-state index in [-0.39, 0.29) is 11.4 Å². The largest absolute Gasteiger partial charge is 0.349 e. The Morgan fingerprint density at radius 2 is 1.89 bits per heavy atom. The van der Waals surface area contributed by atoms with Gasteiger partial charge in [0.2, 0.25) is 5.91 Å². The summed E-state index contributed by atoms with van der Waals surface area (Å²) in [5.41, 5.74) is 2.27. The predicted octanol–water partition coefficient (Wildman–Crippen LogP) is 3.59. The molecule has 1 N–H and O–H groups in total. The molecule has 0 saturated heterocycles. The van der Waals surface area contributed by atoms with Crippen molar-refractivity contribution in [2.75, 3.05) is 10.7 Å². The van der Waals surface area contributed by atoms with Crippen molar-refractivity contribution in [3.8, 4) is 0 Å². The fourth-order valence-electron chi connectivity index (χ4n) is 1.64. The van der Waals surface area contributed by atoms with Crippen molar-refractivity contribution in [2.24, 2.45) is 0 Å². The minimum absolute atomic E-state index is 0.0969. The molecule has 4 heteroatoms. The van der Waals surface area contributed by atoms with Crippen molar-refractivity contribution in [3.63, 3.8) is 0 Å². The van der Waals surface area contributed by atoms with E-state index in [0.717, 1.165) is 17.1 Å². The fourth-order valence-corrected chi connectivity index (χ4v) is 2.85. The van der Waals surface area contributed by atoms with Gasteiger partial charge < -0.3 is 5.32 Å². The van der Waals surface area contributed by atoms with Crippen LogP contribution in [0.2, 0.25) is 0 Å². The maximum Gasteiger partial charge on any atom is 0.220 e. The number of carbonyl (C=O) groups is 1. The van der Waals surface area contributed by atoms with E-state index in [1.807, 2.05) is 19.1 Å². The van der Waals surface area contributed by atoms with Crippen molar-refractivity contribution in [1.82, 2.24) is 5.32 Å². The highest BCUT2D eigenvalue weighted by Crippen LogP contribution is 2.13. The molecule has 0 unspecified atom stereocenters. The third-order valence-electron chi connectivity index (χ3n) is 2.91. The average Bonchev–Trinajstić information content (AvgIpc) is 2.37. The van der Waals surface area contributed by atoms with Crippen LogP contribution < -0.4 is 5.32 Å². The molecule has 1 rings (SSSR count). The molecule has 1 aromatic rings. The number of nitrogens with one attached hydrogen (secondary N) is 1. The molecule has 0 radical (unpaired) electrons. The predicted molar refractivity (Wildman–Crippen MR) is 83.6 cm³/mol. The zero-order valence-corrected chi connectivity index (χ0v) is 14.0. The molecule has 0 heterocycles. The molecule has 0 aromatic heterocycles. The van der Waals surface area contributed by atoms with Crippen LogP contribution in [0.4, 0.5) is 0 Å². The summed E-state index contributed by atoms with van der Waals surface area (Å²) in [6.07, 6.45) is 1.32. The molecular weight excluding hydrogens is 358 g/mol. The first kappa shape index (κ1) is 15.7. The lowest BCUT2D eigenvalue weighted by molar-refractivity contribution is -0.122. The molecule has 0 spiro atoms. The summed E-state index contributed by atoms with van der Waals surface area (Å²) < 4.78 is 0. The second-order valence-corrected chi connectivity index (χ2v) is 5.92. The number of amides is 1. The first-order chi connectivity index (χ1) is 8.50. The second kappa shape index (κ2) is 7.29. The molecule has 1 amide bonds. The number of aryl methyl sites for hydroxylation is 2. The van der Waals surface area contributed by atoms with Crippen LogP contribution in [0.25, 0.3) is 0 Å². The van der Waals surface area contributed by atoms with Crippen molar-refractivity contribution >= 4 is 37.8 Å². The quantitative estimate of drug-likeness (QED) is 0.755. The average molecular weight is 377 g/mol. The number of alkyl halides is 2. The maximum absolute atomic E-state index is 11.9. The van der Waals surface area contributed by atoms with E-state index in [0.29, 0.717) is 6.42 Å². The molecule has 100 valence electrons. The van der Waals surface area contributed by atoms with E-state index < -0.39 is 0 Å². The molecular formula is C14H19Br2NO. The summed E-state index contributed by atoms with van der Waals surface area (Å²) in [6, 6.07) is 8.19. The lowest BCUT2D eigenvalue weighted by Gasteiger charge is -2.26. The number of carbonyl (C=O) groups excluding carboxylic acids is 1. The topological polar surface area (TPSA) is 29.1 Å². The SMILES string of the molecule is Cc1ccccc1CCC(=O)NC(C)(CBr)CBr. The van der Waals surface area contributed by atoms with Gasteiger partial charge in [-0.1, -0.05) is 56.1 Å². The van der Waals surface area contributed by atoms with Crippen LogP contribution in [0, 0.1) is 6.92 Å². The van der Waals surface area contributed by atoms with Gasteiger partial charge in [-0.2, -0.15) is 0 Å². The van der Waals surface area contributed by atoms with Gasteiger partial charge in [-0.15, -0.1) is 0 Å². The monoisotopic (exact) mass is 375 g/mol. The Bertz CT molecular complexity index is 403. The Morgan fingerprint density at radius 1 is 1.28 bits per heavy atom. The van der Waals surface area contributed by atoms with Crippen LogP contribution in [-0.2, 0) is 11.2 Å². The molecule has 0 aliphatic carbocycles. The maximum atomic E-state index is 11.9. The van der Waals surface area contributed by atoms with Crippen LogP contribution in [-0.4, -0.2) is 22.1 Å². The van der Waals surface area contributed by atoms with Gasteiger partial charge in [0.1, 0.15) is 0 Å². The van der Waals surface area contributed by atoms with E-state index >= 15 is 0 Å². The van der Waals surface area contributed by atoms with Crippen molar-refractivity contribution in [2.45, 2.75) is 32.2 Å². The van der Waals surface area contributed by atoms with E-state index in [1.54, 1.807) is 0 Å². The highest BCUT2D eigenvalue weighted by Gasteiger charge is 2.23. The van der Waals surface area contributed by atoms with Crippen molar-refractivity contribution in [1.29, 1.82) is 0 Å². The summed E-state index contributed by atoms with van der Waals surface area (Å²) in [5, 5.41) is 4.52. The highest BCUT2D eigenvalue weighted by atomic mass is 79.9. The summed E-state index contributed by atoms with van der Waals surface area (Å²) >= 11 is 6.85. The van der Waals surface area contributed by atoms with Crippen LogP contribution in [0.5, 0.6) is 0 Å². The Hall–Kier alpha value is -0.350. The molecule has 18 heavy (non-hydrogen) atoms. The Labute approximate surface area is 126 Å². The fraction of sp³-hybridized carbons (Fsp3) is 0.500. The first-order valence-corrected chi connectivity index (χ1v) is 8.22. The minimum atomic E-state index is -0.219. The van der Waals surface area contributed by atoms with Gasteiger partial charge >= 0.3 is 0 Å². The first-order valence-electron chi connectivity index (χ1n) is 5.98. The molecule has 0 bridgehead atoms. The van der Waals surface area contributed by atoms with Crippen LogP contribution >= 0.6 is 31.9 Å². The van der Waals surface area contributed by atoms with E-state index in [4.69, 9.17) is 0 Å². The van der Waals surface area contributed by atoms with Crippen molar-refractivity contribution in [3.05, 3.63) is 35.4 Å². The summed E-state index contributed by atoms with van der Waals surface area (Å²) in [7, 11) is 0. The molecule has 0 aliphatic heterocycles. The van der Waals surface area contributed by atoms with Crippen LogP contribution in [0.15, 0.2) is 24.3 Å². The van der Waals surface area contributed by atoms with E-state index in [1.165, 1.54) is 11.1 Å². The molecule has 0 aliphatic rings. The zero-order chi connectivity index (χ0) is 13.6. The zero-order valence-electron chi connectivity index (χ0n) is 10.8. The highest BCUT2D eigenvalue weighted by molar-refractivity contribution is 9.09. The number of halogens is 2. The molecule has 0 atom stereocenters. The van der Waals surface area contributed by atoms with Crippen molar-refractivity contribution < 1.29 is 4.79 Å². The van der Waals surface area contributed by atoms with Gasteiger partial charge in [0, 0.05) is 17.1 Å². The Balaban J connectivity index is 2.50. The Kier molecular flexibility index (Phi) is 6.36. The summed E-state index contributed by atoms with van der Waals surface area (Å²) in [4.78, 5) is 11.9. The molecule has 1 aromatic carbocycles. The van der Waals surface area contributed by atoms with Gasteiger partial charge in [0.15, 0.2) is 0 Å².